The molecule has 0 aromatic heterocycles. The van der Waals surface area contributed by atoms with Crippen molar-refractivity contribution in [3.63, 3.8) is 0 Å². The Bertz CT molecular complexity index is 439. The van der Waals surface area contributed by atoms with Gasteiger partial charge in [-0.2, -0.15) is 0 Å². The van der Waals surface area contributed by atoms with Gasteiger partial charge in [0.25, 0.3) is 5.91 Å². The fourth-order valence-corrected chi connectivity index (χ4v) is 1.90. The number of imide groups is 1. The average molecular weight is 301 g/mol. The van der Waals surface area contributed by atoms with Crippen molar-refractivity contribution in [1.82, 2.24) is 15.5 Å². The van der Waals surface area contributed by atoms with Crippen LogP contribution in [-0.4, -0.2) is 66.7 Å². The highest BCUT2D eigenvalue weighted by Crippen LogP contribution is 2.11. The van der Waals surface area contributed by atoms with Crippen LogP contribution in [0.3, 0.4) is 0 Å². The normalized spacial score (nSPS) is 20.1. The zero-order valence-electron chi connectivity index (χ0n) is 11.9. The molecule has 1 saturated heterocycles. The van der Waals surface area contributed by atoms with Gasteiger partial charge in [0.15, 0.2) is 0 Å². The van der Waals surface area contributed by atoms with Gasteiger partial charge in [-0.25, -0.2) is 9.59 Å². The third kappa shape index (κ3) is 4.71. The minimum atomic E-state index is -1.19. The highest BCUT2D eigenvalue weighted by atomic mass is 16.5. The van der Waals surface area contributed by atoms with E-state index in [1.807, 2.05) is 0 Å². The highest BCUT2D eigenvalue weighted by Gasteiger charge is 2.33. The van der Waals surface area contributed by atoms with Gasteiger partial charge in [-0.3, -0.25) is 14.5 Å². The molecule has 0 radical (unpaired) electrons. The number of hydrogen-bond donors (Lipinski definition) is 3. The van der Waals surface area contributed by atoms with Crippen LogP contribution in [0.2, 0.25) is 0 Å². The van der Waals surface area contributed by atoms with E-state index >= 15 is 0 Å². The van der Waals surface area contributed by atoms with Gasteiger partial charge in [0, 0.05) is 33.6 Å². The van der Waals surface area contributed by atoms with E-state index in [1.165, 1.54) is 14.2 Å². The number of likely N-dealkylation sites (tertiary alicyclic amines) is 1. The molecule has 0 aromatic rings. The van der Waals surface area contributed by atoms with Gasteiger partial charge in [0.2, 0.25) is 5.91 Å². The van der Waals surface area contributed by atoms with E-state index < -0.39 is 30.0 Å². The predicted molar refractivity (Wildman–Crippen MR) is 70.4 cm³/mol. The van der Waals surface area contributed by atoms with Crippen LogP contribution in [-0.2, 0) is 19.1 Å². The summed E-state index contributed by atoms with van der Waals surface area (Å²) in [5.41, 5.74) is 0. The van der Waals surface area contributed by atoms with Gasteiger partial charge < -0.3 is 20.5 Å². The second-order valence-electron chi connectivity index (χ2n) is 4.67. The van der Waals surface area contributed by atoms with Crippen molar-refractivity contribution >= 4 is 23.8 Å². The summed E-state index contributed by atoms with van der Waals surface area (Å²) in [7, 11) is 2.77. The third-order valence-electron chi connectivity index (χ3n) is 3.17. The van der Waals surface area contributed by atoms with Crippen LogP contribution in [0.4, 0.5) is 4.79 Å². The number of nitrogens with one attached hydrogen (secondary N) is 2. The number of amides is 4. The van der Waals surface area contributed by atoms with Crippen LogP contribution >= 0.6 is 0 Å². The quantitative estimate of drug-likeness (QED) is 0.536. The lowest BCUT2D eigenvalue weighted by atomic mass is 10.1. The number of nitrogens with zero attached hydrogens (tertiary/aromatic N) is 1. The predicted octanol–water partition coefficient (Wildman–Crippen LogP) is -1.08. The number of carbonyl (C=O) groups excluding carboxylic acids is 3. The summed E-state index contributed by atoms with van der Waals surface area (Å²) < 4.78 is 4.76. The van der Waals surface area contributed by atoms with Crippen molar-refractivity contribution in [3.05, 3.63) is 0 Å². The number of methoxy groups -OCH3 is 1. The summed E-state index contributed by atoms with van der Waals surface area (Å²) in [5.74, 6) is -2.00. The van der Waals surface area contributed by atoms with E-state index in [-0.39, 0.29) is 31.8 Å². The molecule has 4 amide bonds. The minimum absolute atomic E-state index is 0.107. The first-order valence-corrected chi connectivity index (χ1v) is 6.46. The SMILES string of the molecule is COCCC(NC(=O)NC1CCC(=O)N(C)C1=O)C(=O)O. The van der Waals surface area contributed by atoms with E-state index in [4.69, 9.17) is 9.84 Å². The minimum Gasteiger partial charge on any atom is -0.480 e. The average Bonchev–Trinajstić information content (AvgIpc) is 2.43. The first-order valence-electron chi connectivity index (χ1n) is 6.46. The van der Waals surface area contributed by atoms with Crippen molar-refractivity contribution < 1.29 is 29.0 Å². The van der Waals surface area contributed by atoms with Gasteiger partial charge in [-0.1, -0.05) is 0 Å². The van der Waals surface area contributed by atoms with Gasteiger partial charge in [-0.05, 0) is 6.42 Å². The Morgan fingerprint density at radius 3 is 2.71 bits per heavy atom. The topological polar surface area (TPSA) is 125 Å². The lowest BCUT2D eigenvalue weighted by Crippen LogP contribution is -2.56. The highest BCUT2D eigenvalue weighted by molar-refractivity contribution is 6.01. The second kappa shape index (κ2) is 7.58. The maximum Gasteiger partial charge on any atom is 0.326 e. The number of hydrogen-bond acceptors (Lipinski definition) is 5. The first-order chi connectivity index (χ1) is 9.86. The fraction of sp³-hybridized carbons (Fsp3) is 0.667. The maximum atomic E-state index is 11.8. The molecule has 1 heterocycles. The molecule has 0 saturated carbocycles. The van der Waals surface area contributed by atoms with Crippen molar-refractivity contribution in [2.45, 2.75) is 31.3 Å². The molecule has 0 bridgehead atoms. The Hall–Kier alpha value is -2.16. The van der Waals surface area contributed by atoms with Crippen LogP contribution < -0.4 is 10.6 Å². The van der Waals surface area contributed by atoms with E-state index in [1.54, 1.807) is 0 Å². The van der Waals surface area contributed by atoms with Gasteiger partial charge >= 0.3 is 12.0 Å². The van der Waals surface area contributed by atoms with E-state index in [0.29, 0.717) is 0 Å². The monoisotopic (exact) mass is 301 g/mol. The zero-order valence-corrected chi connectivity index (χ0v) is 11.9. The number of rotatable bonds is 6. The van der Waals surface area contributed by atoms with Crippen LogP contribution in [0, 0.1) is 0 Å². The number of piperidine rings is 1. The Labute approximate surface area is 121 Å². The van der Waals surface area contributed by atoms with Crippen molar-refractivity contribution in [3.8, 4) is 0 Å². The number of ether oxygens (including phenoxy) is 1. The number of carboxylic acid groups (broad SMARTS) is 1. The molecule has 9 heteroatoms. The molecule has 1 aliphatic rings. The summed E-state index contributed by atoms with van der Waals surface area (Å²) >= 11 is 0. The van der Waals surface area contributed by atoms with Gasteiger partial charge in [0.1, 0.15) is 12.1 Å². The Balaban J connectivity index is 2.54. The lowest BCUT2D eigenvalue weighted by molar-refractivity contribution is -0.147. The third-order valence-corrected chi connectivity index (χ3v) is 3.17. The van der Waals surface area contributed by atoms with E-state index in [0.717, 1.165) is 4.90 Å². The summed E-state index contributed by atoms with van der Waals surface area (Å²) in [4.78, 5) is 46.8. The van der Waals surface area contributed by atoms with Crippen molar-refractivity contribution in [1.29, 1.82) is 0 Å². The van der Waals surface area contributed by atoms with Crippen LogP contribution in [0.1, 0.15) is 19.3 Å². The summed E-state index contributed by atoms with van der Waals surface area (Å²) in [6.07, 6.45) is 0.459. The van der Waals surface area contributed by atoms with Crippen LogP contribution in [0.5, 0.6) is 0 Å². The van der Waals surface area contributed by atoms with E-state index in [9.17, 15) is 19.2 Å². The number of urea groups is 1. The van der Waals surface area contributed by atoms with Crippen molar-refractivity contribution in [2.24, 2.45) is 0 Å². The lowest BCUT2D eigenvalue weighted by Gasteiger charge is -2.28. The fourth-order valence-electron chi connectivity index (χ4n) is 1.90. The molecule has 2 unspecified atom stereocenters. The molecule has 1 aliphatic heterocycles. The number of likely N-dealkylation sites (N-methyl/N-ethyl adjacent to an activating group) is 1. The molecule has 1 fully saturated rings. The summed E-state index contributed by atoms with van der Waals surface area (Å²) in [6.45, 7) is 0.177. The number of carbonyl (C=O) groups is 4. The molecule has 21 heavy (non-hydrogen) atoms. The largest absolute Gasteiger partial charge is 0.480 e. The summed E-state index contributed by atoms with van der Waals surface area (Å²) in [5, 5.41) is 13.6. The summed E-state index contributed by atoms with van der Waals surface area (Å²) in [6, 6.07) is -2.70. The van der Waals surface area contributed by atoms with Crippen LogP contribution in [0.15, 0.2) is 0 Å². The molecular formula is C12H19N3O6. The molecular weight excluding hydrogens is 282 g/mol. The Morgan fingerprint density at radius 1 is 1.48 bits per heavy atom. The molecule has 9 nitrogen and oxygen atoms in total. The number of carboxylic acids is 1. The molecule has 1 rings (SSSR count). The molecule has 0 aliphatic carbocycles. The van der Waals surface area contributed by atoms with E-state index in [2.05, 4.69) is 10.6 Å². The first kappa shape index (κ1) is 16.9. The number of aliphatic carboxylic acids is 1. The van der Waals surface area contributed by atoms with Crippen LogP contribution in [0.25, 0.3) is 0 Å². The smallest absolute Gasteiger partial charge is 0.326 e. The Kier molecular flexibility index (Phi) is 6.10. The molecule has 118 valence electrons. The van der Waals surface area contributed by atoms with Crippen molar-refractivity contribution in [2.75, 3.05) is 20.8 Å². The second-order valence-corrected chi connectivity index (χ2v) is 4.67. The maximum absolute atomic E-state index is 11.8. The van der Waals surface area contributed by atoms with Gasteiger partial charge in [0.05, 0.1) is 0 Å². The standard InChI is InChI=1S/C12H19N3O6/c1-15-9(16)4-3-7(10(15)17)13-12(20)14-8(11(18)19)5-6-21-2/h7-8H,3-6H2,1-2H3,(H,18,19)(H2,13,14,20). The molecule has 3 N–H and O–H groups in total. The molecule has 0 aromatic carbocycles. The Morgan fingerprint density at radius 2 is 2.14 bits per heavy atom. The molecule has 0 spiro atoms. The van der Waals surface area contributed by atoms with Gasteiger partial charge in [-0.15, -0.1) is 0 Å². The molecule has 2 atom stereocenters. The zero-order chi connectivity index (χ0) is 16.0.